The monoisotopic (exact) mass is 497 g/mol. The molecule has 7 heteroatoms. The molecule has 0 spiro atoms. The van der Waals surface area contributed by atoms with Crippen LogP contribution in [0.15, 0.2) is 78.0 Å². The van der Waals surface area contributed by atoms with Gasteiger partial charge in [0.25, 0.3) is 0 Å². The molecule has 0 N–H and O–H groups in total. The fourth-order valence-corrected chi connectivity index (χ4v) is 4.59. The van der Waals surface area contributed by atoms with Crippen LogP contribution in [0, 0.1) is 0 Å². The molecule has 3 aromatic carbocycles. The Bertz CT molecular complexity index is 1220. The molecule has 0 unspecified atom stereocenters. The number of rotatable bonds is 7. The fourth-order valence-electron chi connectivity index (χ4n) is 3.36. The fraction of sp³-hybridized carbons (Fsp3) is 0.231. The zero-order chi connectivity index (χ0) is 23.4. The number of hydrogen-bond donors (Lipinski definition) is 0. The Hall–Kier alpha value is -2.47. The Morgan fingerprint density at radius 3 is 2.30 bits per heavy atom. The van der Waals surface area contributed by atoms with Gasteiger partial charge in [0.1, 0.15) is 5.75 Å². The summed E-state index contributed by atoms with van der Waals surface area (Å²) in [6.45, 7) is 7.11. The van der Waals surface area contributed by atoms with Gasteiger partial charge in [-0.1, -0.05) is 98.2 Å². The predicted octanol–water partition coefficient (Wildman–Crippen LogP) is 7.71. The predicted molar refractivity (Wildman–Crippen MR) is 138 cm³/mol. The summed E-state index contributed by atoms with van der Waals surface area (Å²) in [6.07, 6.45) is 0. The van der Waals surface area contributed by atoms with Gasteiger partial charge in [0.15, 0.2) is 11.0 Å². The minimum atomic E-state index is 0.0969. The van der Waals surface area contributed by atoms with Crippen LogP contribution in [0.2, 0.25) is 10.0 Å². The number of benzene rings is 3. The number of ether oxygens (including phenoxy) is 1. The van der Waals surface area contributed by atoms with Gasteiger partial charge in [-0.05, 0) is 41.3 Å². The lowest BCUT2D eigenvalue weighted by molar-refractivity contribution is 0.344. The molecular weight excluding hydrogens is 473 g/mol. The van der Waals surface area contributed by atoms with Gasteiger partial charge in [-0.2, -0.15) is 0 Å². The third-order valence-corrected chi connectivity index (χ3v) is 6.55. The second-order valence-corrected chi connectivity index (χ2v) is 10.5. The average Bonchev–Trinajstić information content (AvgIpc) is 3.22. The molecule has 0 atom stereocenters. The summed E-state index contributed by atoms with van der Waals surface area (Å²) in [6, 6.07) is 23.9. The quantitative estimate of drug-likeness (QED) is 0.193. The van der Waals surface area contributed by atoms with Crippen LogP contribution in [-0.4, -0.2) is 27.1 Å². The lowest BCUT2D eigenvalue weighted by atomic mass is 9.87. The van der Waals surface area contributed by atoms with Gasteiger partial charge in [0.2, 0.25) is 0 Å². The average molecular weight is 498 g/mol. The van der Waals surface area contributed by atoms with Gasteiger partial charge in [-0.25, -0.2) is 0 Å². The Labute approximate surface area is 208 Å². The molecule has 4 rings (SSSR count). The van der Waals surface area contributed by atoms with E-state index in [1.807, 2.05) is 18.2 Å². The van der Waals surface area contributed by atoms with E-state index in [9.17, 15) is 0 Å². The smallest absolute Gasteiger partial charge is 0.196 e. The highest BCUT2D eigenvalue weighted by atomic mass is 35.5. The summed E-state index contributed by atoms with van der Waals surface area (Å²) in [5.74, 6) is 2.11. The number of halogens is 2. The molecular formula is C26H25Cl2N3OS. The first-order chi connectivity index (χ1) is 15.8. The van der Waals surface area contributed by atoms with E-state index in [1.54, 1.807) is 30.0 Å². The van der Waals surface area contributed by atoms with Crippen LogP contribution < -0.4 is 4.74 Å². The maximum absolute atomic E-state index is 6.20. The summed E-state index contributed by atoms with van der Waals surface area (Å²) >= 11 is 13.7. The number of aromatic nitrogens is 3. The van der Waals surface area contributed by atoms with Gasteiger partial charge in [0.05, 0.1) is 11.6 Å². The minimum absolute atomic E-state index is 0.0969. The molecule has 33 heavy (non-hydrogen) atoms. The molecule has 0 fully saturated rings. The molecule has 0 bridgehead atoms. The lowest BCUT2D eigenvalue weighted by Crippen LogP contribution is -2.10. The van der Waals surface area contributed by atoms with Crippen molar-refractivity contribution in [3.8, 4) is 22.8 Å². The molecule has 0 saturated heterocycles. The van der Waals surface area contributed by atoms with Crippen molar-refractivity contribution in [1.82, 2.24) is 14.8 Å². The molecule has 0 aliphatic heterocycles. The highest BCUT2D eigenvalue weighted by molar-refractivity contribution is 7.99. The first-order valence-electron chi connectivity index (χ1n) is 10.7. The zero-order valence-corrected chi connectivity index (χ0v) is 21.1. The van der Waals surface area contributed by atoms with Crippen molar-refractivity contribution in [2.45, 2.75) is 31.3 Å². The Morgan fingerprint density at radius 1 is 0.909 bits per heavy atom. The number of nitrogens with zero attached hydrogens (tertiary/aromatic N) is 3. The second-order valence-electron chi connectivity index (χ2n) is 8.58. The van der Waals surface area contributed by atoms with Crippen molar-refractivity contribution >= 4 is 35.0 Å². The molecule has 1 heterocycles. The largest absolute Gasteiger partial charge is 0.491 e. The molecule has 0 aliphatic carbocycles. The molecule has 170 valence electrons. The van der Waals surface area contributed by atoms with E-state index in [2.05, 4.69) is 71.9 Å². The zero-order valence-electron chi connectivity index (χ0n) is 18.8. The van der Waals surface area contributed by atoms with Crippen molar-refractivity contribution in [2.24, 2.45) is 0 Å². The van der Waals surface area contributed by atoms with E-state index < -0.39 is 0 Å². The minimum Gasteiger partial charge on any atom is -0.491 e. The van der Waals surface area contributed by atoms with Crippen molar-refractivity contribution < 1.29 is 4.74 Å². The first kappa shape index (κ1) is 23.7. The second kappa shape index (κ2) is 10.2. The first-order valence-corrected chi connectivity index (χ1v) is 12.4. The summed E-state index contributed by atoms with van der Waals surface area (Å²) in [7, 11) is 0. The van der Waals surface area contributed by atoms with Crippen LogP contribution in [0.1, 0.15) is 26.3 Å². The summed E-state index contributed by atoms with van der Waals surface area (Å²) in [5.41, 5.74) is 3.42. The molecule has 0 radical (unpaired) electrons. The number of hydrogen-bond acceptors (Lipinski definition) is 4. The topological polar surface area (TPSA) is 39.9 Å². The van der Waals surface area contributed by atoms with Gasteiger partial charge in [-0.15, -0.1) is 10.2 Å². The normalized spacial score (nSPS) is 11.5. The van der Waals surface area contributed by atoms with E-state index in [-0.39, 0.29) is 5.41 Å². The standard InChI is InChI=1S/C26H25Cl2N3OS/c1-26(2,3)19-11-9-18(10-12-19)24-29-30-25(31(24)21-7-5-4-6-8-21)33-16-15-32-23-14-13-20(27)17-22(23)28/h4-14,17H,15-16H2,1-3H3. The van der Waals surface area contributed by atoms with Gasteiger partial charge >= 0.3 is 0 Å². The van der Waals surface area contributed by atoms with E-state index >= 15 is 0 Å². The van der Waals surface area contributed by atoms with Crippen LogP contribution in [-0.2, 0) is 5.41 Å². The Morgan fingerprint density at radius 2 is 1.64 bits per heavy atom. The van der Waals surface area contributed by atoms with Crippen molar-refractivity contribution in [2.75, 3.05) is 12.4 Å². The van der Waals surface area contributed by atoms with Crippen LogP contribution in [0.25, 0.3) is 17.1 Å². The molecule has 1 aromatic heterocycles. The van der Waals surface area contributed by atoms with E-state index in [0.717, 1.165) is 22.2 Å². The Balaban J connectivity index is 1.55. The molecule has 4 aromatic rings. The van der Waals surface area contributed by atoms with Gasteiger partial charge in [0, 0.05) is 22.0 Å². The van der Waals surface area contributed by atoms with Crippen LogP contribution in [0.3, 0.4) is 0 Å². The highest BCUT2D eigenvalue weighted by Gasteiger charge is 2.18. The molecule has 0 aliphatic rings. The van der Waals surface area contributed by atoms with Gasteiger partial charge in [-0.3, -0.25) is 4.57 Å². The highest BCUT2D eigenvalue weighted by Crippen LogP contribution is 2.31. The van der Waals surface area contributed by atoms with Gasteiger partial charge < -0.3 is 4.74 Å². The maximum atomic E-state index is 6.20. The van der Waals surface area contributed by atoms with Crippen molar-refractivity contribution in [3.05, 3.63) is 88.4 Å². The third kappa shape index (κ3) is 5.72. The third-order valence-electron chi connectivity index (χ3n) is 5.12. The molecule has 0 saturated carbocycles. The van der Waals surface area contributed by atoms with Crippen LogP contribution >= 0.6 is 35.0 Å². The van der Waals surface area contributed by atoms with Crippen LogP contribution in [0.4, 0.5) is 0 Å². The summed E-state index contributed by atoms with van der Waals surface area (Å²) in [5, 5.41) is 10.9. The van der Waals surface area contributed by atoms with E-state index in [0.29, 0.717) is 28.2 Å². The van der Waals surface area contributed by atoms with Crippen molar-refractivity contribution in [1.29, 1.82) is 0 Å². The summed E-state index contributed by atoms with van der Waals surface area (Å²) < 4.78 is 7.92. The maximum Gasteiger partial charge on any atom is 0.196 e. The molecule has 4 nitrogen and oxygen atoms in total. The Kier molecular flexibility index (Phi) is 7.32. The van der Waals surface area contributed by atoms with E-state index in [4.69, 9.17) is 27.9 Å². The lowest BCUT2D eigenvalue weighted by Gasteiger charge is -2.19. The number of para-hydroxylation sites is 1. The number of thioether (sulfide) groups is 1. The van der Waals surface area contributed by atoms with Crippen molar-refractivity contribution in [3.63, 3.8) is 0 Å². The summed E-state index contributed by atoms with van der Waals surface area (Å²) in [4.78, 5) is 0. The molecule has 0 amide bonds. The SMILES string of the molecule is CC(C)(C)c1ccc(-c2nnc(SCCOc3ccc(Cl)cc3Cl)n2-c2ccccc2)cc1. The van der Waals surface area contributed by atoms with E-state index in [1.165, 1.54) is 5.56 Å². The van der Waals surface area contributed by atoms with Crippen LogP contribution in [0.5, 0.6) is 5.75 Å².